The molecule has 72 valence electrons. The molecule has 0 bridgehead atoms. The number of hydrogen-bond acceptors (Lipinski definition) is 4. The molecule has 0 aromatic carbocycles. The Bertz CT molecular complexity index is 305. The first-order valence-corrected chi connectivity index (χ1v) is 3.71. The fourth-order valence-corrected chi connectivity index (χ4v) is 0.913. The molecule has 5 heteroatoms. The number of nitrogens with one attached hydrogen (secondary N) is 1. The molecule has 1 aromatic rings. The standard InChI is InChI=1S/C8H11NO4/c1-5-4-7(6(2)12-5)13-8(10)9-11-3/h4H,1-3H3,(H,9,10). The van der Waals surface area contributed by atoms with Gasteiger partial charge in [-0.05, 0) is 13.8 Å². The van der Waals surface area contributed by atoms with Crippen LogP contribution >= 0.6 is 0 Å². The van der Waals surface area contributed by atoms with Crippen molar-refractivity contribution < 1.29 is 18.8 Å². The Labute approximate surface area is 75.6 Å². The summed E-state index contributed by atoms with van der Waals surface area (Å²) in [7, 11) is 1.33. The van der Waals surface area contributed by atoms with Crippen molar-refractivity contribution >= 4 is 6.09 Å². The maximum absolute atomic E-state index is 10.9. The van der Waals surface area contributed by atoms with E-state index >= 15 is 0 Å². The highest BCUT2D eigenvalue weighted by Gasteiger charge is 2.10. The summed E-state index contributed by atoms with van der Waals surface area (Å²) in [6.07, 6.45) is -0.675. The lowest BCUT2D eigenvalue weighted by molar-refractivity contribution is 0.0842. The first kappa shape index (κ1) is 9.60. The lowest BCUT2D eigenvalue weighted by Crippen LogP contribution is -2.25. The van der Waals surface area contributed by atoms with Gasteiger partial charge in [-0.2, -0.15) is 5.48 Å². The van der Waals surface area contributed by atoms with Crippen LogP contribution in [0.4, 0.5) is 4.79 Å². The Morgan fingerprint density at radius 3 is 2.69 bits per heavy atom. The average molecular weight is 185 g/mol. The van der Waals surface area contributed by atoms with E-state index in [-0.39, 0.29) is 0 Å². The van der Waals surface area contributed by atoms with Gasteiger partial charge in [0.15, 0.2) is 5.75 Å². The molecule has 0 unspecified atom stereocenters. The van der Waals surface area contributed by atoms with Crippen molar-refractivity contribution in [3.63, 3.8) is 0 Å². The molecule has 0 aliphatic carbocycles. The second-order valence-electron chi connectivity index (χ2n) is 2.47. The number of furan rings is 1. The van der Waals surface area contributed by atoms with Gasteiger partial charge >= 0.3 is 6.09 Å². The molecule has 0 aliphatic rings. The van der Waals surface area contributed by atoms with Gasteiger partial charge in [-0.25, -0.2) is 4.79 Å². The molecule has 0 saturated heterocycles. The van der Waals surface area contributed by atoms with E-state index in [2.05, 4.69) is 4.84 Å². The topological polar surface area (TPSA) is 60.7 Å². The van der Waals surface area contributed by atoms with E-state index in [9.17, 15) is 4.79 Å². The van der Waals surface area contributed by atoms with E-state index in [1.807, 2.05) is 5.48 Å². The molecule has 0 atom stereocenters. The monoisotopic (exact) mass is 185 g/mol. The SMILES string of the molecule is CONC(=O)Oc1cc(C)oc1C. The zero-order valence-corrected chi connectivity index (χ0v) is 7.71. The summed E-state index contributed by atoms with van der Waals surface area (Å²) >= 11 is 0. The molecule has 1 amide bonds. The molecule has 1 rings (SSSR count). The Balaban J connectivity index is 2.63. The van der Waals surface area contributed by atoms with E-state index in [0.29, 0.717) is 17.3 Å². The van der Waals surface area contributed by atoms with Gasteiger partial charge in [0, 0.05) is 6.07 Å². The van der Waals surface area contributed by atoms with Crippen molar-refractivity contribution in [1.29, 1.82) is 0 Å². The first-order chi connectivity index (χ1) is 6.13. The Hall–Kier alpha value is -1.49. The van der Waals surface area contributed by atoms with E-state index in [4.69, 9.17) is 9.15 Å². The minimum Gasteiger partial charge on any atom is -0.463 e. The highest BCUT2D eigenvalue weighted by Crippen LogP contribution is 2.21. The van der Waals surface area contributed by atoms with Gasteiger partial charge in [-0.15, -0.1) is 0 Å². The predicted molar refractivity (Wildman–Crippen MR) is 44.4 cm³/mol. The molecule has 0 radical (unpaired) electrons. The third-order valence-corrected chi connectivity index (χ3v) is 1.38. The van der Waals surface area contributed by atoms with Crippen LogP contribution < -0.4 is 10.2 Å². The summed E-state index contributed by atoms with van der Waals surface area (Å²) in [6, 6.07) is 1.63. The van der Waals surface area contributed by atoms with Crippen molar-refractivity contribution in [3.8, 4) is 5.75 Å². The fourth-order valence-electron chi connectivity index (χ4n) is 0.913. The summed E-state index contributed by atoms with van der Waals surface area (Å²) in [6.45, 7) is 3.48. The van der Waals surface area contributed by atoms with E-state index in [1.165, 1.54) is 7.11 Å². The highest BCUT2D eigenvalue weighted by atomic mass is 16.7. The van der Waals surface area contributed by atoms with Crippen LogP contribution in [-0.2, 0) is 4.84 Å². The number of carbonyl (C=O) groups is 1. The molecule has 1 aromatic heterocycles. The van der Waals surface area contributed by atoms with Crippen molar-refractivity contribution in [2.75, 3.05) is 7.11 Å². The number of hydrogen-bond donors (Lipinski definition) is 1. The lowest BCUT2D eigenvalue weighted by atomic mass is 10.4. The second kappa shape index (κ2) is 3.95. The predicted octanol–water partition coefficient (Wildman–Crippen LogP) is 1.55. The van der Waals surface area contributed by atoms with Gasteiger partial charge < -0.3 is 9.15 Å². The Morgan fingerprint density at radius 2 is 2.23 bits per heavy atom. The molecule has 1 N–H and O–H groups in total. The third-order valence-electron chi connectivity index (χ3n) is 1.38. The molecule has 0 fully saturated rings. The molecular formula is C8H11NO4. The smallest absolute Gasteiger partial charge is 0.436 e. The maximum Gasteiger partial charge on any atom is 0.436 e. The number of hydroxylamine groups is 1. The van der Waals surface area contributed by atoms with Crippen molar-refractivity contribution in [3.05, 3.63) is 17.6 Å². The second-order valence-corrected chi connectivity index (χ2v) is 2.47. The van der Waals surface area contributed by atoms with Crippen LogP contribution in [0.15, 0.2) is 10.5 Å². The van der Waals surface area contributed by atoms with Crippen molar-refractivity contribution in [2.45, 2.75) is 13.8 Å². The number of rotatable bonds is 2. The zero-order valence-electron chi connectivity index (χ0n) is 7.71. The number of aryl methyl sites for hydroxylation is 2. The minimum absolute atomic E-state index is 0.395. The summed E-state index contributed by atoms with van der Waals surface area (Å²) < 4.78 is 9.99. The summed E-state index contributed by atoms with van der Waals surface area (Å²) in [5, 5.41) is 0. The third kappa shape index (κ3) is 2.48. The molecule has 5 nitrogen and oxygen atoms in total. The van der Waals surface area contributed by atoms with Gasteiger partial charge in [0.05, 0.1) is 7.11 Å². The normalized spacial score (nSPS) is 9.77. The molecule has 1 heterocycles. The number of amides is 1. The van der Waals surface area contributed by atoms with Gasteiger partial charge in [0.25, 0.3) is 0 Å². The lowest BCUT2D eigenvalue weighted by Gasteiger charge is -2.01. The summed E-state index contributed by atoms with van der Waals surface area (Å²) in [4.78, 5) is 15.2. The van der Waals surface area contributed by atoms with Crippen molar-refractivity contribution in [2.24, 2.45) is 0 Å². The van der Waals surface area contributed by atoms with E-state index in [1.54, 1.807) is 19.9 Å². The van der Waals surface area contributed by atoms with Crippen LogP contribution in [-0.4, -0.2) is 13.2 Å². The first-order valence-electron chi connectivity index (χ1n) is 3.71. The van der Waals surface area contributed by atoms with E-state index in [0.717, 1.165) is 0 Å². The summed E-state index contributed by atoms with van der Waals surface area (Å²) in [5.74, 6) is 1.65. The highest BCUT2D eigenvalue weighted by molar-refractivity contribution is 5.69. The minimum atomic E-state index is -0.675. The van der Waals surface area contributed by atoms with Crippen LogP contribution in [0.2, 0.25) is 0 Å². The number of carbonyl (C=O) groups excluding carboxylic acids is 1. The molecule has 0 aliphatic heterocycles. The van der Waals surface area contributed by atoms with Crippen LogP contribution in [0.25, 0.3) is 0 Å². The summed E-state index contributed by atoms with van der Waals surface area (Å²) in [5.41, 5.74) is 2.03. The zero-order chi connectivity index (χ0) is 9.84. The Kier molecular flexibility index (Phi) is 2.92. The van der Waals surface area contributed by atoms with Gasteiger partial charge in [0.2, 0.25) is 0 Å². The van der Waals surface area contributed by atoms with Crippen LogP contribution in [0.5, 0.6) is 5.75 Å². The maximum atomic E-state index is 10.9. The fraction of sp³-hybridized carbons (Fsp3) is 0.375. The van der Waals surface area contributed by atoms with Crippen LogP contribution in [0, 0.1) is 13.8 Å². The van der Waals surface area contributed by atoms with Crippen LogP contribution in [0.3, 0.4) is 0 Å². The Morgan fingerprint density at radius 1 is 1.54 bits per heavy atom. The average Bonchev–Trinajstić information content (AvgIpc) is 2.30. The molecule has 0 saturated carbocycles. The van der Waals surface area contributed by atoms with E-state index < -0.39 is 6.09 Å². The molecular weight excluding hydrogens is 174 g/mol. The molecule has 0 spiro atoms. The van der Waals surface area contributed by atoms with Gasteiger partial charge in [-0.1, -0.05) is 0 Å². The molecule has 13 heavy (non-hydrogen) atoms. The number of ether oxygens (including phenoxy) is 1. The largest absolute Gasteiger partial charge is 0.463 e. The quantitative estimate of drug-likeness (QED) is 0.710. The van der Waals surface area contributed by atoms with Gasteiger partial charge in [0.1, 0.15) is 11.5 Å². The van der Waals surface area contributed by atoms with Gasteiger partial charge in [-0.3, -0.25) is 4.84 Å². The van der Waals surface area contributed by atoms with Crippen LogP contribution in [0.1, 0.15) is 11.5 Å². The van der Waals surface area contributed by atoms with Crippen molar-refractivity contribution in [1.82, 2.24) is 5.48 Å².